The molecule has 0 spiro atoms. The molecule has 34 heavy (non-hydrogen) atoms. The Bertz CT molecular complexity index is 1060. The second-order valence-corrected chi connectivity index (χ2v) is 9.17. The highest BCUT2D eigenvalue weighted by Gasteiger charge is 2.33. The largest absolute Gasteiger partial charge is 0.378 e. The van der Waals surface area contributed by atoms with E-state index in [4.69, 9.17) is 4.74 Å². The standard InChI is InChI=1S/C24H29F3N4O3/c1-15(2)3-6-31-21-4-5-30(22(32)13-17-19(26)11-16(25)12-20(17)27)14-18(21)23(28-31)24(33)29-7-9-34-10-8-29/h11-12,15H,3-10,13-14H2,1-2H3. The summed E-state index contributed by atoms with van der Waals surface area (Å²) in [6.07, 6.45) is 0.851. The number of fused-ring (bicyclic) bond motifs is 1. The first-order valence-corrected chi connectivity index (χ1v) is 11.6. The van der Waals surface area contributed by atoms with Crippen LogP contribution in [0.4, 0.5) is 13.2 Å². The number of benzene rings is 1. The Morgan fingerprint density at radius 2 is 1.74 bits per heavy atom. The second-order valence-electron chi connectivity index (χ2n) is 9.17. The zero-order chi connectivity index (χ0) is 24.4. The average molecular weight is 479 g/mol. The molecular formula is C24H29F3N4O3. The minimum absolute atomic E-state index is 0.131. The minimum Gasteiger partial charge on any atom is -0.378 e. The maximum absolute atomic E-state index is 14.1. The van der Waals surface area contributed by atoms with Gasteiger partial charge in [0.25, 0.3) is 5.91 Å². The number of rotatable bonds is 6. The van der Waals surface area contributed by atoms with Gasteiger partial charge in [-0.05, 0) is 12.3 Å². The summed E-state index contributed by atoms with van der Waals surface area (Å²) in [6, 6.07) is 1.13. The maximum Gasteiger partial charge on any atom is 0.274 e. The van der Waals surface area contributed by atoms with Crippen molar-refractivity contribution in [3.8, 4) is 0 Å². The molecule has 184 valence electrons. The SMILES string of the molecule is CC(C)CCn1nc(C(=O)N2CCOCC2)c2c1CCN(C(=O)Cc1c(F)cc(F)cc1F)C2. The van der Waals surface area contributed by atoms with Crippen LogP contribution < -0.4 is 0 Å². The fraction of sp³-hybridized carbons (Fsp3) is 0.542. The highest BCUT2D eigenvalue weighted by atomic mass is 19.1. The molecule has 1 saturated heterocycles. The molecule has 3 heterocycles. The molecule has 0 unspecified atom stereocenters. The van der Waals surface area contributed by atoms with Gasteiger partial charge in [0.2, 0.25) is 5.91 Å². The van der Waals surface area contributed by atoms with Crippen molar-refractivity contribution in [3.63, 3.8) is 0 Å². The van der Waals surface area contributed by atoms with Gasteiger partial charge >= 0.3 is 0 Å². The fourth-order valence-corrected chi connectivity index (χ4v) is 4.36. The summed E-state index contributed by atoms with van der Waals surface area (Å²) in [5.74, 6) is -3.45. The average Bonchev–Trinajstić information content (AvgIpc) is 3.17. The number of morpholine rings is 1. The summed E-state index contributed by atoms with van der Waals surface area (Å²) in [5.41, 5.74) is 1.45. The third-order valence-electron chi connectivity index (χ3n) is 6.34. The lowest BCUT2D eigenvalue weighted by Gasteiger charge is -2.29. The number of amides is 2. The van der Waals surface area contributed by atoms with Crippen molar-refractivity contribution in [2.75, 3.05) is 32.8 Å². The van der Waals surface area contributed by atoms with Crippen LogP contribution in [0.25, 0.3) is 0 Å². The van der Waals surface area contributed by atoms with Crippen molar-refractivity contribution in [1.82, 2.24) is 19.6 Å². The minimum atomic E-state index is -1.09. The van der Waals surface area contributed by atoms with Crippen molar-refractivity contribution < 1.29 is 27.5 Å². The van der Waals surface area contributed by atoms with Crippen molar-refractivity contribution in [3.05, 3.63) is 52.1 Å². The number of aryl methyl sites for hydroxylation is 1. The van der Waals surface area contributed by atoms with Crippen molar-refractivity contribution in [1.29, 1.82) is 0 Å². The van der Waals surface area contributed by atoms with Crippen molar-refractivity contribution >= 4 is 11.8 Å². The molecule has 2 amide bonds. The molecule has 1 fully saturated rings. The van der Waals surface area contributed by atoms with E-state index < -0.39 is 35.3 Å². The first-order valence-electron chi connectivity index (χ1n) is 11.6. The number of halogens is 3. The molecule has 0 bridgehead atoms. The van der Waals surface area contributed by atoms with Crippen LogP contribution >= 0.6 is 0 Å². The van der Waals surface area contributed by atoms with Gasteiger partial charge in [0.1, 0.15) is 17.5 Å². The van der Waals surface area contributed by atoms with E-state index in [1.807, 2.05) is 4.68 Å². The van der Waals surface area contributed by atoms with E-state index in [-0.39, 0.29) is 12.5 Å². The fourth-order valence-electron chi connectivity index (χ4n) is 4.36. The van der Waals surface area contributed by atoms with Gasteiger partial charge in [-0.15, -0.1) is 0 Å². The Kier molecular flexibility index (Phi) is 7.25. The van der Waals surface area contributed by atoms with Crippen molar-refractivity contribution in [2.45, 2.75) is 46.2 Å². The first kappa shape index (κ1) is 24.3. The predicted octanol–water partition coefficient (Wildman–Crippen LogP) is 2.95. The van der Waals surface area contributed by atoms with Crippen LogP contribution in [-0.4, -0.2) is 64.2 Å². The number of aromatic nitrogens is 2. The highest BCUT2D eigenvalue weighted by molar-refractivity contribution is 5.94. The third kappa shape index (κ3) is 5.11. The lowest BCUT2D eigenvalue weighted by Crippen LogP contribution is -2.42. The van der Waals surface area contributed by atoms with E-state index in [1.54, 1.807) is 4.90 Å². The summed E-state index contributed by atoms with van der Waals surface area (Å²) in [5, 5.41) is 4.64. The Hall–Kier alpha value is -2.88. The van der Waals surface area contributed by atoms with Crippen LogP contribution in [0.15, 0.2) is 12.1 Å². The molecule has 7 nitrogen and oxygen atoms in total. The van der Waals surface area contributed by atoms with Crippen LogP contribution in [0.1, 0.15) is 47.6 Å². The normalized spacial score (nSPS) is 16.2. The predicted molar refractivity (Wildman–Crippen MR) is 118 cm³/mol. The van der Waals surface area contributed by atoms with Gasteiger partial charge in [-0.2, -0.15) is 5.10 Å². The lowest BCUT2D eigenvalue weighted by molar-refractivity contribution is -0.131. The smallest absolute Gasteiger partial charge is 0.274 e. The number of carbonyl (C=O) groups is 2. The van der Waals surface area contributed by atoms with Gasteiger partial charge < -0.3 is 14.5 Å². The molecule has 10 heteroatoms. The van der Waals surface area contributed by atoms with Gasteiger partial charge in [-0.25, -0.2) is 13.2 Å². The molecule has 0 aliphatic carbocycles. The van der Waals surface area contributed by atoms with Gasteiger partial charge in [0, 0.05) is 68.1 Å². The monoisotopic (exact) mass is 478 g/mol. The molecule has 2 aliphatic rings. The van der Waals surface area contributed by atoms with E-state index in [2.05, 4.69) is 18.9 Å². The van der Waals surface area contributed by atoms with Crippen LogP contribution in [0.2, 0.25) is 0 Å². The van der Waals surface area contributed by atoms with E-state index in [9.17, 15) is 22.8 Å². The molecule has 2 aliphatic heterocycles. The summed E-state index contributed by atoms with van der Waals surface area (Å²) in [4.78, 5) is 29.4. The van der Waals surface area contributed by atoms with Crippen LogP contribution in [0.3, 0.4) is 0 Å². The summed E-state index contributed by atoms with van der Waals surface area (Å²) >= 11 is 0. The third-order valence-corrected chi connectivity index (χ3v) is 6.34. The summed E-state index contributed by atoms with van der Waals surface area (Å²) < 4.78 is 48.6. The van der Waals surface area contributed by atoms with E-state index >= 15 is 0 Å². The van der Waals surface area contributed by atoms with Gasteiger partial charge in [0.05, 0.1) is 19.6 Å². The Morgan fingerprint density at radius 1 is 1.06 bits per heavy atom. The van der Waals surface area contributed by atoms with Gasteiger partial charge in [-0.3, -0.25) is 14.3 Å². The molecular weight excluding hydrogens is 449 g/mol. The zero-order valence-corrected chi connectivity index (χ0v) is 19.5. The zero-order valence-electron chi connectivity index (χ0n) is 19.5. The Labute approximate surface area is 196 Å². The molecule has 0 radical (unpaired) electrons. The molecule has 0 atom stereocenters. The quantitative estimate of drug-likeness (QED) is 0.641. The number of nitrogens with zero attached hydrogens (tertiary/aromatic N) is 4. The van der Waals surface area contributed by atoms with Gasteiger partial charge in [-0.1, -0.05) is 13.8 Å². The van der Waals surface area contributed by atoms with Crippen LogP contribution in [0.5, 0.6) is 0 Å². The molecule has 4 rings (SSSR count). The Balaban J connectivity index is 1.58. The van der Waals surface area contributed by atoms with Crippen LogP contribution in [0, 0.1) is 23.4 Å². The molecule has 0 saturated carbocycles. The second kappa shape index (κ2) is 10.2. The topological polar surface area (TPSA) is 67.7 Å². The highest BCUT2D eigenvalue weighted by Crippen LogP contribution is 2.26. The molecule has 0 N–H and O–H groups in total. The first-order chi connectivity index (χ1) is 16.2. The number of hydrogen-bond acceptors (Lipinski definition) is 4. The number of carbonyl (C=O) groups excluding carboxylic acids is 2. The summed E-state index contributed by atoms with van der Waals surface area (Å²) in [7, 11) is 0. The molecule has 1 aromatic carbocycles. The Morgan fingerprint density at radius 3 is 2.38 bits per heavy atom. The lowest BCUT2D eigenvalue weighted by atomic mass is 10.0. The van der Waals surface area contributed by atoms with E-state index in [0.717, 1.165) is 12.1 Å². The van der Waals surface area contributed by atoms with E-state index in [0.29, 0.717) is 75.1 Å². The molecule has 2 aromatic rings. The number of ether oxygens (including phenoxy) is 1. The van der Waals surface area contributed by atoms with Gasteiger partial charge in [0.15, 0.2) is 5.69 Å². The number of hydrogen-bond donors (Lipinski definition) is 0. The summed E-state index contributed by atoms with van der Waals surface area (Å²) in [6.45, 7) is 7.23. The maximum atomic E-state index is 14.1. The van der Waals surface area contributed by atoms with E-state index in [1.165, 1.54) is 4.90 Å². The van der Waals surface area contributed by atoms with Crippen LogP contribution in [-0.2, 0) is 35.5 Å². The molecule has 1 aromatic heterocycles. The van der Waals surface area contributed by atoms with Crippen molar-refractivity contribution in [2.24, 2.45) is 5.92 Å².